The molecule has 5 nitrogen and oxygen atoms in total. The second kappa shape index (κ2) is 6.33. The summed E-state index contributed by atoms with van der Waals surface area (Å²) in [5, 5.41) is 4.34. The number of aryl methyl sites for hydroxylation is 1. The summed E-state index contributed by atoms with van der Waals surface area (Å²) in [4.78, 5) is 4.01. The predicted molar refractivity (Wildman–Crippen MR) is 73.9 cm³/mol. The van der Waals surface area contributed by atoms with Crippen LogP contribution >= 0.6 is 0 Å². The fourth-order valence-electron chi connectivity index (χ4n) is 2.17. The molecule has 102 valence electrons. The molecule has 0 saturated heterocycles. The maximum Gasteiger partial charge on any atom is 0.161 e. The first-order valence-corrected chi connectivity index (χ1v) is 6.50. The van der Waals surface area contributed by atoms with Crippen LogP contribution in [-0.2, 0) is 13.0 Å². The van der Waals surface area contributed by atoms with Gasteiger partial charge in [-0.05, 0) is 30.5 Å². The van der Waals surface area contributed by atoms with E-state index in [1.54, 1.807) is 25.7 Å². The summed E-state index contributed by atoms with van der Waals surface area (Å²) in [7, 11) is 1.65. The quantitative estimate of drug-likeness (QED) is 0.862. The highest BCUT2D eigenvalue weighted by atomic mass is 16.5. The van der Waals surface area contributed by atoms with Crippen molar-refractivity contribution in [3.63, 3.8) is 0 Å². The van der Waals surface area contributed by atoms with Gasteiger partial charge in [-0.3, -0.25) is 9.67 Å². The number of ether oxygens (including phenoxy) is 1. The van der Waals surface area contributed by atoms with Crippen molar-refractivity contribution in [2.75, 3.05) is 7.11 Å². The summed E-state index contributed by atoms with van der Waals surface area (Å²) in [6.45, 7) is 2.97. The van der Waals surface area contributed by atoms with E-state index >= 15 is 0 Å². The van der Waals surface area contributed by atoms with E-state index < -0.39 is 0 Å². The zero-order valence-corrected chi connectivity index (χ0v) is 11.4. The fourth-order valence-corrected chi connectivity index (χ4v) is 2.17. The van der Waals surface area contributed by atoms with Gasteiger partial charge < -0.3 is 10.5 Å². The zero-order valence-electron chi connectivity index (χ0n) is 11.4. The first-order chi connectivity index (χ1) is 9.26. The second-order valence-electron chi connectivity index (χ2n) is 4.49. The Morgan fingerprint density at radius 2 is 2.11 bits per heavy atom. The van der Waals surface area contributed by atoms with E-state index in [9.17, 15) is 0 Å². The lowest BCUT2D eigenvalue weighted by Gasteiger charge is -2.15. The Hall–Kier alpha value is -1.88. The average molecular weight is 260 g/mol. The third kappa shape index (κ3) is 3.12. The molecule has 0 amide bonds. The molecular weight excluding hydrogens is 240 g/mol. The number of nitrogens with two attached hydrogens (primary N) is 1. The van der Waals surface area contributed by atoms with Gasteiger partial charge in [0.1, 0.15) is 0 Å². The van der Waals surface area contributed by atoms with Crippen LogP contribution in [0.2, 0.25) is 0 Å². The summed E-state index contributed by atoms with van der Waals surface area (Å²) >= 11 is 0. The first kappa shape index (κ1) is 13.5. The number of pyridine rings is 1. The predicted octanol–water partition coefficient (Wildman–Crippen LogP) is 1.94. The maximum atomic E-state index is 6.32. The van der Waals surface area contributed by atoms with Gasteiger partial charge in [-0.25, -0.2) is 0 Å². The number of hydrogen-bond acceptors (Lipinski definition) is 4. The number of aromatic nitrogens is 3. The van der Waals surface area contributed by atoms with E-state index in [0.717, 1.165) is 36.4 Å². The largest absolute Gasteiger partial charge is 0.493 e. The van der Waals surface area contributed by atoms with Gasteiger partial charge in [-0.2, -0.15) is 5.10 Å². The Morgan fingerprint density at radius 1 is 1.37 bits per heavy atom. The van der Waals surface area contributed by atoms with Crippen molar-refractivity contribution in [2.45, 2.75) is 32.4 Å². The molecule has 1 unspecified atom stereocenters. The summed E-state index contributed by atoms with van der Waals surface area (Å²) < 4.78 is 7.29. The highest BCUT2D eigenvalue weighted by Gasteiger charge is 2.18. The van der Waals surface area contributed by atoms with Crippen LogP contribution in [0.1, 0.15) is 30.6 Å². The lowest BCUT2D eigenvalue weighted by molar-refractivity contribution is 0.400. The Kier molecular flexibility index (Phi) is 4.52. The van der Waals surface area contributed by atoms with E-state index in [-0.39, 0.29) is 6.04 Å². The van der Waals surface area contributed by atoms with Crippen LogP contribution in [-0.4, -0.2) is 21.9 Å². The van der Waals surface area contributed by atoms with Crippen molar-refractivity contribution < 1.29 is 4.74 Å². The molecule has 0 fully saturated rings. The number of hydrogen-bond donors (Lipinski definition) is 1. The topological polar surface area (TPSA) is 66.0 Å². The molecule has 0 saturated carbocycles. The molecule has 2 aromatic rings. The lowest BCUT2D eigenvalue weighted by atomic mass is 10.0. The Morgan fingerprint density at radius 3 is 2.74 bits per heavy atom. The highest BCUT2D eigenvalue weighted by Crippen LogP contribution is 2.26. The molecular formula is C14H20N4O. The number of rotatable bonds is 6. The minimum absolute atomic E-state index is 0.133. The van der Waals surface area contributed by atoms with Crippen LogP contribution in [0.25, 0.3) is 0 Å². The minimum atomic E-state index is -0.133. The molecule has 2 rings (SSSR count). The van der Waals surface area contributed by atoms with Crippen LogP contribution in [0.3, 0.4) is 0 Å². The number of methoxy groups -OCH3 is 1. The third-order valence-electron chi connectivity index (χ3n) is 3.06. The molecule has 2 N–H and O–H groups in total. The molecule has 19 heavy (non-hydrogen) atoms. The molecule has 0 spiro atoms. The average Bonchev–Trinajstić information content (AvgIpc) is 2.83. The molecule has 0 aliphatic carbocycles. The van der Waals surface area contributed by atoms with Crippen molar-refractivity contribution >= 4 is 0 Å². The molecule has 0 aliphatic heterocycles. The second-order valence-corrected chi connectivity index (χ2v) is 4.49. The zero-order chi connectivity index (χ0) is 13.7. The molecule has 2 heterocycles. The van der Waals surface area contributed by atoms with Gasteiger partial charge >= 0.3 is 0 Å². The Balaban J connectivity index is 2.22. The standard InChI is InChI=1S/C14H20N4O/c1-3-8-18-14(13(19-2)10-17-18)12(15)9-11-4-6-16-7-5-11/h4-7,10,12H,3,8-9,15H2,1-2H3. The summed E-state index contributed by atoms with van der Waals surface area (Å²) in [6, 6.07) is 3.83. The Labute approximate surface area is 113 Å². The van der Waals surface area contributed by atoms with Crippen LogP contribution in [0.4, 0.5) is 0 Å². The minimum Gasteiger partial charge on any atom is -0.493 e. The van der Waals surface area contributed by atoms with Gasteiger partial charge in [-0.15, -0.1) is 0 Å². The summed E-state index contributed by atoms with van der Waals surface area (Å²) in [5.74, 6) is 0.759. The van der Waals surface area contributed by atoms with Crippen LogP contribution in [0.5, 0.6) is 5.75 Å². The van der Waals surface area contributed by atoms with E-state index in [1.165, 1.54) is 0 Å². The maximum absolute atomic E-state index is 6.32. The van der Waals surface area contributed by atoms with Gasteiger partial charge in [0.2, 0.25) is 0 Å². The normalized spacial score (nSPS) is 12.4. The van der Waals surface area contributed by atoms with E-state index in [4.69, 9.17) is 10.5 Å². The lowest BCUT2D eigenvalue weighted by Crippen LogP contribution is -2.19. The van der Waals surface area contributed by atoms with Crippen molar-refractivity contribution in [3.05, 3.63) is 42.0 Å². The monoisotopic (exact) mass is 260 g/mol. The first-order valence-electron chi connectivity index (χ1n) is 6.50. The van der Waals surface area contributed by atoms with Crippen LogP contribution in [0.15, 0.2) is 30.7 Å². The smallest absolute Gasteiger partial charge is 0.161 e. The van der Waals surface area contributed by atoms with Crippen LogP contribution < -0.4 is 10.5 Å². The summed E-state index contributed by atoms with van der Waals surface area (Å²) in [5.41, 5.74) is 8.44. The number of nitrogens with zero attached hydrogens (tertiary/aromatic N) is 3. The van der Waals surface area contributed by atoms with Gasteiger partial charge in [0.15, 0.2) is 5.75 Å². The molecule has 5 heteroatoms. The van der Waals surface area contributed by atoms with Gasteiger partial charge in [0.05, 0.1) is 25.0 Å². The van der Waals surface area contributed by atoms with Crippen molar-refractivity contribution in [3.8, 4) is 5.75 Å². The highest BCUT2D eigenvalue weighted by molar-refractivity contribution is 5.29. The summed E-state index contributed by atoms with van der Waals surface area (Å²) in [6.07, 6.45) is 7.05. The van der Waals surface area contributed by atoms with E-state index in [1.807, 2.05) is 16.8 Å². The van der Waals surface area contributed by atoms with Gasteiger partial charge in [0.25, 0.3) is 0 Å². The molecule has 2 aromatic heterocycles. The van der Waals surface area contributed by atoms with E-state index in [2.05, 4.69) is 17.0 Å². The molecule has 0 bridgehead atoms. The molecule has 0 aromatic carbocycles. The molecule has 0 aliphatic rings. The SMILES string of the molecule is CCCn1ncc(OC)c1C(N)Cc1ccncc1. The molecule has 1 atom stereocenters. The van der Waals surface area contributed by atoms with Gasteiger partial charge in [0, 0.05) is 18.9 Å². The third-order valence-corrected chi connectivity index (χ3v) is 3.06. The van der Waals surface area contributed by atoms with E-state index in [0.29, 0.717) is 0 Å². The molecule has 0 radical (unpaired) electrons. The fraction of sp³-hybridized carbons (Fsp3) is 0.429. The van der Waals surface area contributed by atoms with Crippen molar-refractivity contribution in [1.82, 2.24) is 14.8 Å². The van der Waals surface area contributed by atoms with Gasteiger partial charge in [-0.1, -0.05) is 6.92 Å². The Bertz CT molecular complexity index is 509. The van der Waals surface area contributed by atoms with Crippen molar-refractivity contribution in [1.29, 1.82) is 0 Å². The van der Waals surface area contributed by atoms with Crippen LogP contribution in [0, 0.1) is 0 Å². The van der Waals surface area contributed by atoms with Crippen molar-refractivity contribution in [2.24, 2.45) is 5.73 Å².